The smallest absolute Gasteiger partial charge is 0.307 e. The molecule has 0 aliphatic rings. The number of carboxylic acids is 1. The summed E-state index contributed by atoms with van der Waals surface area (Å²) in [6.07, 6.45) is 33.6. The minimum absolute atomic E-state index is 0.0725. The summed E-state index contributed by atoms with van der Waals surface area (Å²) in [6.45, 7) is 4.49. The highest BCUT2D eigenvalue weighted by Gasteiger charge is 2.17. The highest BCUT2D eigenvalue weighted by Crippen LogP contribution is 2.16. The number of carboxylic acid groups (broad SMARTS) is 1. The van der Waals surface area contributed by atoms with Gasteiger partial charge in [-0.15, -0.1) is 0 Å². The maximum absolute atomic E-state index is 12.2. The van der Waals surface area contributed by atoms with Crippen LogP contribution in [0.25, 0.3) is 0 Å². The minimum Gasteiger partial charge on any atom is -0.481 e. The molecule has 0 aromatic heterocycles. The van der Waals surface area contributed by atoms with E-state index in [-0.39, 0.29) is 12.4 Å². The largest absolute Gasteiger partial charge is 0.481 e. The van der Waals surface area contributed by atoms with Crippen molar-refractivity contribution in [1.82, 2.24) is 0 Å². The number of carbonyl (C=O) groups is 2. The molecule has 0 amide bonds. The quantitative estimate of drug-likeness (QED) is 0.0602. The molecular formula is C33H62O4. The first-order chi connectivity index (χ1) is 18.1. The molecule has 0 heterocycles. The molecule has 0 spiro atoms. The Morgan fingerprint density at radius 2 is 1.03 bits per heavy atom. The van der Waals surface area contributed by atoms with Crippen LogP contribution in [0.2, 0.25) is 0 Å². The standard InChI is InChI=1S/C33H62O4/c1-3-5-7-9-11-13-15-17-18-20-22-24-26-28-31(30-32(34)35)37-33(36)29-27-25-23-21-19-16-14-12-10-8-6-4-2/h10,12,31H,3-9,11,13-30H2,1-2H3,(H,34,35)/b12-10-. The maximum atomic E-state index is 12.2. The van der Waals surface area contributed by atoms with Crippen molar-refractivity contribution < 1.29 is 19.4 Å². The van der Waals surface area contributed by atoms with Crippen LogP contribution in [0.15, 0.2) is 12.2 Å². The molecule has 4 nitrogen and oxygen atoms in total. The van der Waals surface area contributed by atoms with Crippen LogP contribution in [0.1, 0.15) is 181 Å². The van der Waals surface area contributed by atoms with Crippen LogP contribution in [-0.4, -0.2) is 23.1 Å². The molecule has 0 aliphatic carbocycles. The third-order valence-electron chi connectivity index (χ3n) is 7.22. The van der Waals surface area contributed by atoms with Crippen LogP contribution in [0.3, 0.4) is 0 Å². The van der Waals surface area contributed by atoms with Gasteiger partial charge in [0.15, 0.2) is 0 Å². The number of hydrogen-bond donors (Lipinski definition) is 1. The van der Waals surface area contributed by atoms with E-state index in [0.717, 1.165) is 32.1 Å². The van der Waals surface area contributed by atoms with Crippen LogP contribution in [0.4, 0.5) is 0 Å². The van der Waals surface area contributed by atoms with Gasteiger partial charge >= 0.3 is 11.9 Å². The molecule has 0 aliphatic heterocycles. The summed E-state index contributed by atoms with van der Waals surface area (Å²) >= 11 is 0. The maximum Gasteiger partial charge on any atom is 0.307 e. The number of esters is 1. The van der Waals surface area contributed by atoms with E-state index in [2.05, 4.69) is 26.0 Å². The molecule has 0 saturated carbocycles. The predicted octanol–water partition coefficient (Wildman–Crippen LogP) is 10.7. The fourth-order valence-corrected chi connectivity index (χ4v) is 4.83. The van der Waals surface area contributed by atoms with E-state index in [9.17, 15) is 14.7 Å². The first-order valence-corrected chi connectivity index (χ1v) is 16.2. The molecule has 1 atom stereocenters. The molecular weight excluding hydrogens is 460 g/mol. The topological polar surface area (TPSA) is 63.6 Å². The lowest BCUT2D eigenvalue weighted by atomic mass is 10.0. The fourth-order valence-electron chi connectivity index (χ4n) is 4.83. The number of hydrogen-bond acceptors (Lipinski definition) is 3. The Morgan fingerprint density at radius 3 is 1.54 bits per heavy atom. The van der Waals surface area contributed by atoms with Gasteiger partial charge in [-0.25, -0.2) is 0 Å². The normalized spacial score (nSPS) is 12.3. The van der Waals surface area contributed by atoms with E-state index in [0.29, 0.717) is 12.8 Å². The summed E-state index contributed by atoms with van der Waals surface area (Å²) in [5.41, 5.74) is 0. The Balaban J connectivity index is 3.69. The second-order valence-electron chi connectivity index (χ2n) is 11.0. The van der Waals surface area contributed by atoms with Gasteiger partial charge in [-0.3, -0.25) is 9.59 Å². The molecule has 0 aromatic carbocycles. The lowest BCUT2D eigenvalue weighted by Crippen LogP contribution is -2.21. The zero-order chi connectivity index (χ0) is 27.2. The molecule has 4 heteroatoms. The van der Waals surface area contributed by atoms with Gasteiger partial charge in [0.2, 0.25) is 0 Å². The average Bonchev–Trinajstić information content (AvgIpc) is 2.87. The lowest BCUT2D eigenvalue weighted by molar-refractivity contribution is -0.153. The monoisotopic (exact) mass is 522 g/mol. The van der Waals surface area contributed by atoms with Crippen molar-refractivity contribution in [2.24, 2.45) is 0 Å². The van der Waals surface area contributed by atoms with Crippen molar-refractivity contribution in [3.05, 3.63) is 12.2 Å². The van der Waals surface area contributed by atoms with Crippen LogP contribution >= 0.6 is 0 Å². The highest BCUT2D eigenvalue weighted by atomic mass is 16.5. The summed E-state index contributed by atoms with van der Waals surface area (Å²) < 4.78 is 5.54. The number of unbranched alkanes of at least 4 members (excludes halogenated alkanes) is 20. The van der Waals surface area contributed by atoms with Gasteiger partial charge in [-0.1, -0.05) is 142 Å². The summed E-state index contributed by atoms with van der Waals surface area (Å²) in [7, 11) is 0. The number of carbonyl (C=O) groups excluding carboxylic acids is 1. The predicted molar refractivity (Wildman–Crippen MR) is 158 cm³/mol. The Labute approximate surface area is 230 Å². The van der Waals surface area contributed by atoms with Crippen molar-refractivity contribution >= 4 is 11.9 Å². The van der Waals surface area contributed by atoms with Crippen LogP contribution in [0, 0.1) is 0 Å². The molecule has 0 radical (unpaired) electrons. The Bertz CT molecular complexity index is 528. The Hall–Kier alpha value is -1.32. The van der Waals surface area contributed by atoms with Gasteiger partial charge in [-0.05, 0) is 38.5 Å². The SMILES string of the molecule is CCCC/C=C\CCCCCCCCC(=O)OC(CCCCCCCCCCCCCCC)CC(=O)O. The second kappa shape index (κ2) is 29.2. The second-order valence-corrected chi connectivity index (χ2v) is 11.0. The first kappa shape index (κ1) is 35.7. The molecule has 0 aromatic rings. The van der Waals surface area contributed by atoms with Gasteiger partial charge in [0.25, 0.3) is 0 Å². The molecule has 218 valence electrons. The summed E-state index contributed by atoms with van der Waals surface area (Å²) in [5, 5.41) is 9.19. The van der Waals surface area contributed by atoms with Crippen molar-refractivity contribution in [2.45, 2.75) is 187 Å². The molecule has 37 heavy (non-hydrogen) atoms. The van der Waals surface area contributed by atoms with Gasteiger partial charge in [0.1, 0.15) is 6.10 Å². The van der Waals surface area contributed by atoms with Crippen LogP contribution < -0.4 is 0 Å². The zero-order valence-corrected chi connectivity index (χ0v) is 24.8. The van der Waals surface area contributed by atoms with Gasteiger partial charge in [0, 0.05) is 6.42 Å². The molecule has 0 saturated heterocycles. The zero-order valence-electron chi connectivity index (χ0n) is 24.8. The Kier molecular flexibility index (Phi) is 28.2. The minimum atomic E-state index is -0.882. The van der Waals surface area contributed by atoms with Crippen molar-refractivity contribution in [2.75, 3.05) is 0 Å². The van der Waals surface area contributed by atoms with E-state index >= 15 is 0 Å². The van der Waals surface area contributed by atoms with Gasteiger partial charge in [0.05, 0.1) is 6.42 Å². The van der Waals surface area contributed by atoms with Crippen LogP contribution in [0.5, 0.6) is 0 Å². The Morgan fingerprint density at radius 1 is 0.595 bits per heavy atom. The van der Waals surface area contributed by atoms with Gasteiger partial charge < -0.3 is 9.84 Å². The van der Waals surface area contributed by atoms with Gasteiger partial charge in [-0.2, -0.15) is 0 Å². The summed E-state index contributed by atoms with van der Waals surface area (Å²) in [5.74, 6) is -1.11. The number of allylic oxidation sites excluding steroid dienone is 2. The fraction of sp³-hybridized carbons (Fsp3) is 0.879. The highest BCUT2D eigenvalue weighted by molar-refractivity contribution is 5.71. The molecule has 1 unspecified atom stereocenters. The molecule has 0 fully saturated rings. The van der Waals surface area contributed by atoms with E-state index in [1.165, 1.54) is 116 Å². The lowest BCUT2D eigenvalue weighted by Gasteiger charge is -2.16. The van der Waals surface area contributed by atoms with Crippen molar-refractivity contribution in [3.8, 4) is 0 Å². The summed E-state index contributed by atoms with van der Waals surface area (Å²) in [6, 6.07) is 0. The van der Waals surface area contributed by atoms with E-state index in [1.807, 2.05) is 0 Å². The molecule has 1 N–H and O–H groups in total. The summed E-state index contributed by atoms with van der Waals surface area (Å²) in [4.78, 5) is 23.4. The van der Waals surface area contributed by atoms with E-state index < -0.39 is 12.1 Å². The number of aliphatic carboxylic acids is 1. The number of ether oxygens (including phenoxy) is 1. The molecule has 0 rings (SSSR count). The van der Waals surface area contributed by atoms with Crippen molar-refractivity contribution in [1.29, 1.82) is 0 Å². The van der Waals surface area contributed by atoms with Crippen LogP contribution in [-0.2, 0) is 14.3 Å². The number of rotatable bonds is 29. The third kappa shape index (κ3) is 29.1. The average molecular weight is 523 g/mol. The van der Waals surface area contributed by atoms with Crippen molar-refractivity contribution in [3.63, 3.8) is 0 Å². The molecule has 0 bridgehead atoms. The van der Waals surface area contributed by atoms with E-state index in [4.69, 9.17) is 4.74 Å². The third-order valence-corrected chi connectivity index (χ3v) is 7.22. The van der Waals surface area contributed by atoms with E-state index in [1.54, 1.807) is 0 Å². The first-order valence-electron chi connectivity index (χ1n) is 16.2.